The molecule has 0 radical (unpaired) electrons. The highest BCUT2D eigenvalue weighted by Gasteiger charge is 2.64. The molecule has 0 aliphatic heterocycles. The van der Waals surface area contributed by atoms with Crippen molar-refractivity contribution in [3.05, 3.63) is 35.4 Å². The van der Waals surface area contributed by atoms with Gasteiger partial charge in [0.25, 0.3) is 0 Å². The summed E-state index contributed by atoms with van der Waals surface area (Å²) in [5.74, 6) is 3.08. The van der Waals surface area contributed by atoms with Crippen LogP contribution in [0.5, 0.6) is 0 Å². The van der Waals surface area contributed by atoms with E-state index in [9.17, 15) is 4.79 Å². The van der Waals surface area contributed by atoms with Crippen molar-refractivity contribution in [1.29, 1.82) is 0 Å². The van der Waals surface area contributed by atoms with Crippen molar-refractivity contribution in [2.45, 2.75) is 38.3 Å². The number of carbonyl (C=O) groups is 1. The van der Waals surface area contributed by atoms with E-state index in [1.165, 1.54) is 19.3 Å². The van der Waals surface area contributed by atoms with E-state index in [0.29, 0.717) is 6.04 Å². The van der Waals surface area contributed by atoms with Crippen LogP contribution in [0.15, 0.2) is 24.3 Å². The summed E-state index contributed by atoms with van der Waals surface area (Å²) in [5, 5.41) is 12.7. The number of carboxylic acids is 1. The van der Waals surface area contributed by atoms with E-state index in [4.69, 9.17) is 5.11 Å². The molecule has 4 atom stereocenters. The van der Waals surface area contributed by atoms with Gasteiger partial charge in [-0.3, -0.25) is 4.79 Å². The maximum atomic E-state index is 10.9. The Balaban J connectivity index is 1.40. The van der Waals surface area contributed by atoms with Gasteiger partial charge in [0.2, 0.25) is 0 Å². The van der Waals surface area contributed by atoms with Gasteiger partial charge in [-0.25, -0.2) is 0 Å². The zero-order valence-electron chi connectivity index (χ0n) is 11.6. The smallest absolute Gasteiger partial charge is 0.307 e. The standard InChI is InChI=1S/C17H21NO2/c19-14(20)8-10-3-1-2-4-13(10)9-18-17-15-11-5-6-12(7-11)16(15)17/h1-4,11-12,15-18H,5-9H2,(H,19,20). The molecule has 1 aromatic carbocycles. The fourth-order valence-corrected chi connectivity index (χ4v) is 4.89. The molecular formula is C17H21NO2. The normalized spacial score (nSPS) is 36.9. The Kier molecular flexibility index (Phi) is 2.84. The van der Waals surface area contributed by atoms with Gasteiger partial charge < -0.3 is 10.4 Å². The molecule has 20 heavy (non-hydrogen) atoms. The van der Waals surface area contributed by atoms with Crippen LogP contribution in [0.1, 0.15) is 30.4 Å². The van der Waals surface area contributed by atoms with Gasteiger partial charge in [-0.1, -0.05) is 24.3 Å². The molecule has 2 N–H and O–H groups in total. The Morgan fingerprint density at radius 3 is 2.45 bits per heavy atom. The second-order valence-corrected chi connectivity index (χ2v) is 6.73. The lowest BCUT2D eigenvalue weighted by atomic mass is 10.0. The molecule has 3 heteroatoms. The number of hydrogen-bond donors (Lipinski definition) is 2. The minimum absolute atomic E-state index is 0.126. The van der Waals surface area contributed by atoms with Crippen molar-refractivity contribution in [1.82, 2.24) is 5.32 Å². The summed E-state index contributed by atoms with van der Waals surface area (Å²) in [5.41, 5.74) is 2.09. The van der Waals surface area contributed by atoms with Crippen LogP contribution in [0.2, 0.25) is 0 Å². The quantitative estimate of drug-likeness (QED) is 0.865. The lowest BCUT2D eigenvalue weighted by Crippen LogP contribution is -2.23. The second-order valence-electron chi connectivity index (χ2n) is 6.73. The first-order valence-corrected chi connectivity index (χ1v) is 7.76. The molecular weight excluding hydrogens is 250 g/mol. The molecule has 3 aliphatic carbocycles. The van der Waals surface area contributed by atoms with E-state index in [1.54, 1.807) is 0 Å². The molecule has 0 amide bonds. The second kappa shape index (κ2) is 4.59. The van der Waals surface area contributed by atoms with Gasteiger partial charge in [-0.2, -0.15) is 0 Å². The van der Waals surface area contributed by atoms with Crippen LogP contribution in [0.4, 0.5) is 0 Å². The van der Waals surface area contributed by atoms with Gasteiger partial charge in [-0.05, 0) is 54.1 Å². The molecule has 3 saturated carbocycles. The van der Waals surface area contributed by atoms with Crippen LogP contribution in [0, 0.1) is 23.7 Å². The molecule has 0 heterocycles. The van der Waals surface area contributed by atoms with Gasteiger partial charge in [-0.15, -0.1) is 0 Å². The van der Waals surface area contributed by atoms with E-state index in [2.05, 4.69) is 11.4 Å². The average Bonchev–Trinajstić information content (AvgIpc) is 2.81. The zero-order chi connectivity index (χ0) is 13.7. The summed E-state index contributed by atoms with van der Waals surface area (Å²) in [6.45, 7) is 0.820. The van der Waals surface area contributed by atoms with Crippen LogP contribution in [0.25, 0.3) is 0 Å². The minimum Gasteiger partial charge on any atom is -0.481 e. The molecule has 3 nitrogen and oxygen atoms in total. The Labute approximate surface area is 119 Å². The molecule has 0 saturated heterocycles. The van der Waals surface area contributed by atoms with Crippen LogP contribution in [-0.4, -0.2) is 17.1 Å². The first kappa shape index (κ1) is 12.4. The number of carboxylic acid groups (broad SMARTS) is 1. The average molecular weight is 271 g/mol. The summed E-state index contributed by atoms with van der Waals surface area (Å²) < 4.78 is 0. The molecule has 0 spiro atoms. The van der Waals surface area contributed by atoms with Crippen LogP contribution in [-0.2, 0) is 17.8 Å². The zero-order valence-corrected chi connectivity index (χ0v) is 11.6. The highest BCUT2D eigenvalue weighted by atomic mass is 16.4. The predicted octanol–water partition coefficient (Wildman–Crippen LogP) is 2.45. The Hall–Kier alpha value is -1.35. The summed E-state index contributed by atoms with van der Waals surface area (Å²) in [7, 11) is 0. The van der Waals surface area contributed by atoms with E-state index in [-0.39, 0.29) is 6.42 Å². The van der Waals surface area contributed by atoms with Gasteiger partial charge >= 0.3 is 5.97 Å². The maximum absolute atomic E-state index is 10.9. The lowest BCUT2D eigenvalue weighted by Gasteiger charge is -2.12. The molecule has 2 bridgehead atoms. The van der Waals surface area contributed by atoms with Gasteiger partial charge in [0.1, 0.15) is 0 Å². The number of aliphatic carboxylic acids is 1. The van der Waals surface area contributed by atoms with Gasteiger partial charge in [0.05, 0.1) is 6.42 Å². The fraction of sp³-hybridized carbons (Fsp3) is 0.588. The third-order valence-electron chi connectivity index (χ3n) is 5.72. The van der Waals surface area contributed by atoms with Crippen molar-refractivity contribution in [2.24, 2.45) is 23.7 Å². The van der Waals surface area contributed by atoms with Crippen molar-refractivity contribution in [2.75, 3.05) is 0 Å². The van der Waals surface area contributed by atoms with E-state index < -0.39 is 5.97 Å². The van der Waals surface area contributed by atoms with E-state index in [1.807, 2.05) is 18.2 Å². The first-order chi connectivity index (χ1) is 9.74. The van der Waals surface area contributed by atoms with Crippen LogP contribution in [0.3, 0.4) is 0 Å². The number of rotatable bonds is 5. The molecule has 3 fully saturated rings. The predicted molar refractivity (Wildman–Crippen MR) is 76.2 cm³/mol. The highest BCUT2D eigenvalue weighted by molar-refractivity contribution is 5.70. The molecule has 0 aromatic heterocycles. The highest BCUT2D eigenvalue weighted by Crippen LogP contribution is 2.65. The van der Waals surface area contributed by atoms with Crippen LogP contribution < -0.4 is 5.32 Å². The SMILES string of the molecule is O=C(O)Cc1ccccc1CNC1C2C3CCC(C3)C12. The molecule has 4 unspecified atom stereocenters. The summed E-state index contributed by atoms with van der Waals surface area (Å²) in [6.07, 6.45) is 4.49. The topological polar surface area (TPSA) is 49.3 Å². The number of fused-ring (bicyclic) bond motifs is 5. The molecule has 4 rings (SSSR count). The minimum atomic E-state index is -0.751. The third-order valence-corrected chi connectivity index (χ3v) is 5.72. The Morgan fingerprint density at radius 1 is 1.15 bits per heavy atom. The van der Waals surface area contributed by atoms with Crippen molar-refractivity contribution in [3.63, 3.8) is 0 Å². The molecule has 106 valence electrons. The monoisotopic (exact) mass is 271 g/mol. The summed E-state index contributed by atoms with van der Waals surface area (Å²) >= 11 is 0. The molecule has 3 aliphatic rings. The Bertz CT molecular complexity index is 526. The largest absolute Gasteiger partial charge is 0.481 e. The lowest BCUT2D eigenvalue weighted by molar-refractivity contribution is -0.136. The van der Waals surface area contributed by atoms with Crippen LogP contribution >= 0.6 is 0 Å². The van der Waals surface area contributed by atoms with Crippen molar-refractivity contribution < 1.29 is 9.90 Å². The molecule has 1 aromatic rings. The Morgan fingerprint density at radius 2 is 1.80 bits per heavy atom. The number of benzene rings is 1. The van der Waals surface area contributed by atoms with Gasteiger partial charge in [0.15, 0.2) is 0 Å². The first-order valence-electron chi connectivity index (χ1n) is 7.76. The van der Waals surface area contributed by atoms with E-state index in [0.717, 1.165) is 41.3 Å². The third kappa shape index (κ3) is 1.96. The summed E-state index contributed by atoms with van der Waals surface area (Å²) in [4.78, 5) is 10.9. The fourth-order valence-electron chi connectivity index (χ4n) is 4.89. The number of nitrogens with one attached hydrogen (secondary N) is 1. The van der Waals surface area contributed by atoms with Crippen molar-refractivity contribution >= 4 is 5.97 Å². The maximum Gasteiger partial charge on any atom is 0.307 e. The van der Waals surface area contributed by atoms with E-state index >= 15 is 0 Å². The van der Waals surface area contributed by atoms with Gasteiger partial charge in [0, 0.05) is 12.6 Å². The summed E-state index contributed by atoms with van der Waals surface area (Å²) in [6, 6.07) is 8.62. The van der Waals surface area contributed by atoms with Crippen molar-refractivity contribution in [3.8, 4) is 0 Å². The number of hydrogen-bond acceptors (Lipinski definition) is 2.